The average Bonchev–Trinajstić information content (AvgIpc) is 3.02. The monoisotopic (exact) mass is 513 g/mol. The van der Waals surface area contributed by atoms with Crippen LogP contribution in [0.1, 0.15) is 28.1 Å². The number of nitrogen functional groups attached to an aromatic ring is 2. The van der Waals surface area contributed by atoms with Crippen LogP contribution in [-0.2, 0) is 23.6 Å². The molecule has 0 saturated carbocycles. The molecule has 2 heterocycles. The van der Waals surface area contributed by atoms with E-state index in [-0.39, 0.29) is 10.7 Å². The highest BCUT2D eigenvalue weighted by molar-refractivity contribution is 7.86. The molecule has 2 aromatic carbocycles. The highest BCUT2D eigenvalue weighted by atomic mass is 35.5. The van der Waals surface area contributed by atoms with E-state index in [0.29, 0.717) is 39.7 Å². The van der Waals surface area contributed by atoms with Crippen molar-refractivity contribution in [3.8, 4) is 22.5 Å². The van der Waals surface area contributed by atoms with E-state index in [0.717, 1.165) is 22.4 Å². The van der Waals surface area contributed by atoms with Crippen LogP contribution in [0.4, 0.5) is 5.82 Å². The van der Waals surface area contributed by atoms with E-state index in [2.05, 4.69) is 5.10 Å². The molecule has 11 heteroatoms. The van der Waals surface area contributed by atoms with Crippen LogP contribution in [0.25, 0.3) is 22.5 Å². The van der Waals surface area contributed by atoms with Crippen LogP contribution in [-0.4, -0.2) is 27.7 Å². The molecule has 0 spiro atoms. The van der Waals surface area contributed by atoms with Gasteiger partial charge in [-0.05, 0) is 49.6 Å². The number of anilines is 1. The first kappa shape index (κ1) is 24.6. The van der Waals surface area contributed by atoms with Gasteiger partial charge >= 0.3 is 5.82 Å². The Labute approximate surface area is 208 Å². The first-order valence-corrected chi connectivity index (χ1v) is 12.5. The van der Waals surface area contributed by atoms with Crippen molar-refractivity contribution in [2.45, 2.75) is 32.1 Å². The van der Waals surface area contributed by atoms with Crippen molar-refractivity contribution in [2.75, 3.05) is 11.6 Å². The van der Waals surface area contributed by atoms with Crippen molar-refractivity contribution in [1.82, 2.24) is 14.8 Å². The van der Waals surface area contributed by atoms with Crippen molar-refractivity contribution in [3.63, 3.8) is 0 Å². The van der Waals surface area contributed by atoms with Crippen LogP contribution in [0.5, 0.6) is 0 Å². The lowest BCUT2D eigenvalue weighted by Crippen LogP contribution is -2.47. The van der Waals surface area contributed by atoms with Crippen molar-refractivity contribution < 1.29 is 17.6 Å². The predicted molar refractivity (Wildman–Crippen MR) is 135 cm³/mol. The summed E-state index contributed by atoms with van der Waals surface area (Å²) in [6.45, 7) is 5.22. The quantitative estimate of drug-likeness (QED) is 0.211. The summed E-state index contributed by atoms with van der Waals surface area (Å²) in [5.74, 6) is 6.47. The van der Waals surface area contributed by atoms with Gasteiger partial charge in [0.25, 0.3) is 10.1 Å². The molecule has 0 unspecified atom stereocenters. The normalized spacial score (nSPS) is 11.7. The Bertz CT molecular complexity index is 1540. The zero-order valence-electron chi connectivity index (χ0n) is 19.7. The number of hydrogen-bond donors (Lipinski definition) is 3. The number of nitrogens with two attached hydrogens (primary N) is 2. The van der Waals surface area contributed by atoms with E-state index in [1.165, 1.54) is 4.68 Å². The van der Waals surface area contributed by atoms with E-state index in [4.69, 9.17) is 28.2 Å². The SMILES string of the molecule is Cc1cc(Cc2nn(C)c(C)c2-c2nc(-c3ccc(Cl)cc3)c[n+](N)c2N)cc(C)c1S(=O)(=O)O. The Morgan fingerprint density at radius 3 is 2.29 bits per heavy atom. The number of nitrogens with zero attached hydrogens (tertiary/aromatic N) is 4. The third-order valence-corrected chi connectivity index (χ3v) is 7.36. The molecule has 2 aromatic heterocycles. The molecule has 0 saturated heterocycles. The second-order valence-corrected chi connectivity index (χ2v) is 10.3. The van der Waals surface area contributed by atoms with Gasteiger partial charge in [0, 0.05) is 29.7 Å². The molecular formula is C24H26ClN6O3S+. The number of benzene rings is 2. The number of aryl methyl sites for hydroxylation is 3. The molecule has 9 nitrogen and oxygen atoms in total. The third-order valence-electron chi connectivity index (χ3n) is 5.95. The zero-order chi connectivity index (χ0) is 25.7. The summed E-state index contributed by atoms with van der Waals surface area (Å²) in [6, 6.07) is 10.7. The summed E-state index contributed by atoms with van der Waals surface area (Å²) < 4.78 is 36.2. The van der Waals surface area contributed by atoms with Crippen LogP contribution in [0.2, 0.25) is 5.02 Å². The van der Waals surface area contributed by atoms with Crippen LogP contribution in [0.15, 0.2) is 47.5 Å². The molecule has 0 aliphatic carbocycles. The molecule has 0 aliphatic rings. The summed E-state index contributed by atoms with van der Waals surface area (Å²) in [6.07, 6.45) is 2.04. The first-order chi connectivity index (χ1) is 16.4. The molecular weight excluding hydrogens is 488 g/mol. The average molecular weight is 514 g/mol. The van der Waals surface area contributed by atoms with Crippen molar-refractivity contribution in [2.24, 2.45) is 7.05 Å². The fourth-order valence-corrected chi connectivity index (χ4v) is 5.38. The molecule has 5 N–H and O–H groups in total. The van der Waals surface area contributed by atoms with Crippen LogP contribution >= 0.6 is 11.6 Å². The van der Waals surface area contributed by atoms with E-state index in [9.17, 15) is 13.0 Å². The number of aromatic nitrogens is 4. The Hall–Kier alpha value is -3.47. The Kier molecular flexibility index (Phi) is 6.31. The molecule has 0 radical (unpaired) electrons. The lowest BCUT2D eigenvalue weighted by Gasteiger charge is -2.11. The minimum atomic E-state index is -4.32. The standard InChI is InChI=1S/C24H25ClN6O3S/c1-13-9-16(10-14(2)23(13)35(32,33)34)11-19-21(15(3)30(4)29-19)22-24(26)31(27)12-20(28-22)17-5-7-18(25)8-6-17/h5-10,12,26H,11,27H2,1-4H3,(H,32,33,34)/p+1. The maximum absolute atomic E-state index is 11.8. The fourth-order valence-electron chi connectivity index (χ4n) is 4.32. The van der Waals surface area contributed by atoms with Crippen LogP contribution < -0.4 is 16.3 Å². The van der Waals surface area contributed by atoms with Gasteiger partial charge in [-0.3, -0.25) is 20.8 Å². The van der Waals surface area contributed by atoms with E-state index in [1.54, 1.807) is 49.0 Å². The smallest absolute Gasteiger partial charge is 0.283 e. The first-order valence-electron chi connectivity index (χ1n) is 10.7. The lowest BCUT2D eigenvalue weighted by molar-refractivity contribution is -0.623. The second-order valence-electron chi connectivity index (χ2n) is 8.52. The van der Waals surface area contributed by atoms with Gasteiger partial charge in [0.15, 0.2) is 5.69 Å². The molecule has 0 amide bonds. The Balaban J connectivity index is 1.85. The molecule has 0 fully saturated rings. The highest BCUT2D eigenvalue weighted by Crippen LogP contribution is 2.32. The van der Waals surface area contributed by atoms with Gasteiger partial charge in [0.05, 0.1) is 16.2 Å². The summed E-state index contributed by atoms with van der Waals surface area (Å²) in [5.41, 5.74) is 12.3. The minimum absolute atomic E-state index is 0.0792. The topological polar surface area (TPSA) is 141 Å². The molecule has 0 aliphatic heterocycles. The maximum atomic E-state index is 11.8. The number of rotatable bonds is 5. The second kappa shape index (κ2) is 8.95. The maximum Gasteiger partial charge on any atom is 0.322 e. The molecule has 0 bridgehead atoms. The highest BCUT2D eigenvalue weighted by Gasteiger charge is 2.25. The fraction of sp³-hybridized carbons (Fsp3) is 0.208. The largest absolute Gasteiger partial charge is 0.322 e. The number of hydrogen-bond acceptors (Lipinski definition) is 6. The Morgan fingerprint density at radius 2 is 1.71 bits per heavy atom. The summed E-state index contributed by atoms with van der Waals surface area (Å²) in [7, 11) is -2.49. The summed E-state index contributed by atoms with van der Waals surface area (Å²) in [5, 5.41) is 5.30. The van der Waals surface area contributed by atoms with E-state index < -0.39 is 10.1 Å². The van der Waals surface area contributed by atoms with Gasteiger partial charge < -0.3 is 0 Å². The van der Waals surface area contributed by atoms with Crippen molar-refractivity contribution >= 4 is 27.5 Å². The molecule has 182 valence electrons. The molecule has 4 aromatic rings. The van der Waals surface area contributed by atoms with Crippen molar-refractivity contribution in [1.29, 1.82) is 0 Å². The van der Waals surface area contributed by atoms with Gasteiger partial charge in [0.1, 0.15) is 11.9 Å². The van der Waals surface area contributed by atoms with Gasteiger partial charge in [-0.1, -0.05) is 35.9 Å². The number of halogens is 1. The van der Waals surface area contributed by atoms with Gasteiger partial charge in [-0.15, -0.1) is 4.68 Å². The van der Waals surface area contributed by atoms with Crippen molar-refractivity contribution in [3.05, 3.63) is 75.7 Å². The zero-order valence-corrected chi connectivity index (χ0v) is 21.3. The molecule has 4 rings (SSSR count). The van der Waals surface area contributed by atoms with Gasteiger partial charge in [-0.25, -0.2) is 4.98 Å². The summed E-state index contributed by atoms with van der Waals surface area (Å²) in [4.78, 5) is 4.75. The van der Waals surface area contributed by atoms with Crippen LogP contribution in [0, 0.1) is 20.8 Å². The molecule has 35 heavy (non-hydrogen) atoms. The lowest BCUT2D eigenvalue weighted by atomic mass is 9.99. The predicted octanol–water partition coefficient (Wildman–Crippen LogP) is 3.15. The van der Waals surface area contributed by atoms with Crippen LogP contribution in [0.3, 0.4) is 0 Å². The van der Waals surface area contributed by atoms with E-state index >= 15 is 0 Å². The van der Waals surface area contributed by atoms with Gasteiger partial charge in [-0.2, -0.15) is 13.5 Å². The minimum Gasteiger partial charge on any atom is -0.283 e. The Morgan fingerprint density at radius 1 is 1.11 bits per heavy atom. The third kappa shape index (κ3) is 4.72. The van der Waals surface area contributed by atoms with E-state index in [1.807, 2.05) is 26.1 Å². The molecule has 0 atom stereocenters. The summed E-state index contributed by atoms with van der Waals surface area (Å²) >= 11 is 6.03. The van der Waals surface area contributed by atoms with Gasteiger partial charge in [0.2, 0.25) is 0 Å².